The second-order valence-corrected chi connectivity index (χ2v) is 4.71. The lowest BCUT2D eigenvalue weighted by Crippen LogP contribution is -2.46. The van der Waals surface area contributed by atoms with Crippen molar-refractivity contribution in [1.82, 2.24) is 4.72 Å². The topological polar surface area (TPSA) is 72.2 Å². The number of nitrogens with two attached hydrogens (primary N) is 1. The molecule has 0 spiro atoms. The normalized spacial score (nSPS) is 23.8. The van der Waals surface area contributed by atoms with Crippen LogP contribution < -0.4 is 9.86 Å². The van der Waals surface area contributed by atoms with Gasteiger partial charge >= 0.3 is 0 Å². The molecule has 1 aliphatic rings. The first-order valence-electron chi connectivity index (χ1n) is 3.73. The second kappa shape index (κ2) is 2.73. The molecule has 1 rings (SSSR count). The molecule has 11 heavy (non-hydrogen) atoms. The van der Waals surface area contributed by atoms with Gasteiger partial charge in [-0.3, -0.25) is 0 Å². The van der Waals surface area contributed by atoms with E-state index in [1.807, 2.05) is 6.92 Å². The minimum absolute atomic E-state index is 0.284. The van der Waals surface area contributed by atoms with Gasteiger partial charge in [-0.1, -0.05) is 12.8 Å². The van der Waals surface area contributed by atoms with E-state index in [1.165, 1.54) is 0 Å². The molecule has 0 saturated heterocycles. The molecule has 0 aliphatic heterocycles. The molecule has 0 unspecified atom stereocenters. The smallest absolute Gasteiger partial charge is 0.216 e. The third-order valence-electron chi connectivity index (χ3n) is 2.10. The van der Waals surface area contributed by atoms with Crippen molar-refractivity contribution in [3.63, 3.8) is 0 Å². The average Bonchev–Trinajstić information content (AvgIpc) is 2.09. The second-order valence-electron chi connectivity index (χ2n) is 3.41. The average molecular weight is 178 g/mol. The van der Waals surface area contributed by atoms with Crippen LogP contribution in [-0.2, 0) is 10.2 Å². The predicted molar refractivity (Wildman–Crippen MR) is 43.1 cm³/mol. The molecule has 0 aromatic carbocycles. The lowest BCUT2D eigenvalue weighted by atomic mass is 10.0. The quantitative estimate of drug-likeness (QED) is 0.630. The maximum Gasteiger partial charge on any atom is 0.274 e. The van der Waals surface area contributed by atoms with Gasteiger partial charge in [-0.25, -0.2) is 5.14 Å². The lowest BCUT2D eigenvalue weighted by Gasteiger charge is -2.22. The van der Waals surface area contributed by atoms with Gasteiger partial charge in [-0.05, 0) is 19.8 Å². The van der Waals surface area contributed by atoms with E-state index in [0.29, 0.717) is 0 Å². The maximum atomic E-state index is 10.7. The fourth-order valence-corrected chi connectivity index (χ4v) is 2.49. The first kappa shape index (κ1) is 8.96. The van der Waals surface area contributed by atoms with Crippen LogP contribution in [0.5, 0.6) is 0 Å². The van der Waals surface area contributed by atoms with Gasteiger partial charge in [0.05, 0.1) is 0 Å². The van der Waals surface area contributed by atoms with E-state index < -0.39 is 10.2 Å². The molecule has 1 saturated carbocycles. The van der Waals surface area contributed by atoms with E-state index in [4.69, 9.17) is 5.14 Å². The largest absolute Gasteiger partial charge is 0.274 e. The first-order valence-corrected chi connectivity index (χ1v) is 5.28. The Balaban J connectivity index is 2.60. The summed E-state index contributed by atoms with van der Waals surface area (Å²) in [6, 6.07) is 0. The van der Waals surface area contributed by atoms with E-state index in [-0.39, 0.29) is 5.54 Å². The summed E-state index contributed by atoms with van der Waals surface area (Å²) in [5.41, 5.74) is -0.284. The molecule has 66 valence electrons. The van der Waals surface area contributed by atoms with Crippen LogP contribution in [0.15, 0.2) is 0 Å². The van der Waals surface area contributed by atoms with E-state index in [1.54, 1.807) is 0 Å². The highest BCUT2D eigenvalue weighted by Gasteiger charge is 2.31. The fourth-order valence-electron chi connectivity index (χ4n) is 1.60. The Labute approximate surface area is 67.3 Å². The number of hydrogen-bond acceptors (Lipinski definition) is 2. The summed E-state index contributed by atoms with van der Waals surface area (Å²) in [6.45, 7) is 1.89. The SMILES string of the molecule is CC1(NS(N)(=O)=O)CCCC1. The zero-order valence-corrected chi connectivity index (χ0v) is 7.45. The van der Waals surface area contributed by atoms with Gasteiger partial charge in [-0.2, -0.15) is 13.1 Å². The lowest BCUT2D eigenvalue weighted by molar-refractivity contribution is 0.428. The number of nitrogens with one attached hydrogen (secondary N) is 1. The molecule has 0 bridgehead atoms. The van der Waals surface area contributed by atoms with Gasteiger partial charge in [0.15, 0.2) is 0 Å². The van der Waals surface area contributed by atoms with E-state index >= 15 is 0 Å². The highest BCUT2D eigenvalue weighted by molar-refractivity contribution is 7.87. The Morgan fingerprint density at radius 3 is 2.18 bits per heavy atom. The molecule has 0 atom stereocenters. The predicted octanol–water partition coefficient (Wildman–Crippen LogP) is 0.112. The van der Waals surface area contributed by atoms with Crippen molar-refractivity contribution in [2.45, 2.75) is 38.1 Å². The molecule has 0 aromatic heterocycles. The molecule has 0 radical (unpaired) electrons. The van der Waals surface area contributed by atoms with Crippen molar-refractivity contribution in [2.24, 2.45) is 5.14 Å². The van der Waals surface area contributed by atoms with E-state index in [2.05, 4.69) is 4.72 Å². The van der Waals surface area contributed by atoms with Gasteiger partial charge in [-0.15, -0.1) is 0 Å². The molecule has 0 aromatic rings. The van der Waals surface area contributed by atoms with Gasteiger partial charge < -0.3 is 0 Å². The van der Waals surface area contributed by atoms with Crippen LogP contribution in [0.25, 0.3) is 0 Å². The van der Waals surface area contributed by atoms with Crippen molar-refractivity contribution in [1.29, 1.82) is 0 Å². The van der Waals surface area contributed by atoms with Crippen LogP contribution in [0.2, 0.25) is 0 Å². The van der Waals surface area contributed by atoms with Gasteiger partial charge in [0.1, 0.15) is 0 Å². The van der Waals surface area contributed by atoms with Gasteiger partial charge in [0.2, 0.25) is 0 Å². The van der Waals surface area contributed by atoms with Gasteiger partial charge in [0.25, 0.3) is 10.2 Å². The Kier molecular flexibility index (Phi) is 2.22. The minimum Gasteiger partial charge on any atom is -0.216 e. The molecule has 3 N–H and O–H groups in total. The van der Waals surface area contributed by atoms with Crippen LogP contribution in [0, 0.1) is 0 Å². The Bertz CT molecular complexity index is 229. The molecule has 4 nitrogen and oxygen atoms in total. The third-order valence-corrected chi connectivity index (χ3v) is 2.87. The number of rotatable bonds is 2. The van der Waals surface area contributed by atoms with Crippen LogP contribution >= 0.6 is 0 Å². The van der Waals surface area contributed by atoms with E-state index in [0.717, 1.165) is 25.7 Å². The molecular formula is C6H14N2O2S. The zero-order valence-electron chi connectivity index (χ0n) is 6.63. The fraction of sp³-hybridized carbons (Fsp3) is 1.00. The van der Waals surface area contributed by atoms with Crippen molar-refractivity contribution in [2.75, 3.05) is 0 Å². The van der Waals surface area contributed by atoms with E-state index in [9.17, 15) is 8.42 Å². The van der Waals surface area contributed by atoms with Crippen LogP contribution in [-0.4, -0.2) is 14.0 Å². The minimum atomic E-state index is -3.52. The zero-order chi connectivity index (χ0) is 8.54. The van der Waals surface area contributed by atoms with Gasteiger partial charge in [0, 0.05) is 5.54 Å². The first-order chi connectivity index (χ1) is 4.91. The number of hydrogen-bond donors (Lipinski definition) is 2. The summed E-state index contributed by atoms with van der Waals surface area (Å²) >= 11 is 0. The summed E-state index contributed by atoms with van der Waals surface area (Å²) in [7, 11) is -3.52. The summed E-state index contributed by atoms with van der Waals surface area (Å²) in [5.74, 6) is 0. The van der Waals surface area contributed by atoms with Crippen molar-refractivity contribution < 1.29 is 8.42 Å². The Hall–Kier alpha value is -0.130. The monoisotopic (exact) mass is 178 g/mol. The van der Waals surface area contributed by atoms with Crippen molar-refractivity contribution >= 4 is 10.2 Å². The molecule has 1 fully saturated rings. The summed E-state index contributed by atoms with van der Waals surface area (Å²) in [5, 5.41) is 4.86. The molecule has 0 heterocycles. The summed E-state index contributed by atoms with van der Waals surface area (Å²) in [4.78, 5) is 0. The Morgan fingerprint density at radius 1 is 1.36 bits per heavy atom. The van der Waals surface area contributed by atoms with Crippen LogP contribution in [0.3, 0.4) is 0 Å². The van der Waals surface area contributed by atoms with Crippen molar-refractivity contribution in [3.8, 4) is 0 Å². The Morgan fingerprint density at radius 2 is 1.82 bits per heavy atom. The molecule has 1 aliphatic carbocycles. The highest BCUT2D eigenvalue weighted by Crippen LogP contribution is 2.28. The maximum absolute atomic E-state index is 10.7. The summed E-state index contributed by atoms with van der Waals surface area (Å²) < 4.78 is 23.8. The summed E-state index contributed by atoms with van der Waals surface area (Å²) in [6.07, 6.45) is 3.95. The van der Waals surface area contributed by atoms with Crippen molar-refractivity contribution in [3.05, 3.63) is 0 Å². The molecular weight excluding hydrogens is 164 g/mol. The highest BCUT2D eigenvalue weighted by atomic mass is 32.2. The van der Waals surface area contributed by atoms with Crippen LogP contribution in [0.4, 0.5) is 0 Å². The third kappa shape index (κ3) is 2.76. The molecule has 5 heteroatoms. The standard InChI is InChI=1S/C6H14N2O2S/c1-6(4-2-3-5-6)8-11(7,9)10/h8H,2-5H2,1H3,(H2,7,9,10). The molecule has 0 amide bonds. The van der Waals surface area contributed by atoms with Crippen LogP contribution in [0.1, 0.15) is 32.6 Å².